The molecule has 0 aliphatic heterocycles. The maximum Gasteiger partial charge on any atom is 0.285 e. The normalized spacial score (nSPS) is 13.2. The molecule has 2 N–H and O–H groups in total. The van der Waals surface area contributed by atoms with E-state index in [1.54, 1.807) is 16.2 Å². The number of thiophene rings is 1. The van der Waals surface area contributed by atoms with Gasteiger partial charge in [-0.15, -0.1) is 11.3 Å². The van der Waals surface area contributed by atoms with Crippen molar-refractivity contribution >= 4 is 17.2 Å². The van der Waals surface area contributed by atoms with Crippen molar-refractivity contribution in [3.63, 3.8) is 0 Å². The fourth-order valence-corrected chi connectivity index (χ4v) is 3.80. The molecule has 0 fully saturated rings. The Bertz CT molecular complexity index is 785. The maximum absolute atomic E-state index is 12.9. The quantitative estimate of drug-likeness (QED) is 0.727. The van der Waals surface area contributed by atoms with Crippen LogP contribution in [0.25, 0.3) is 0 Å². The first-order valence-electron chi connectivity index (χ1n) is 8.36. The third kappa shape index (κ3) is 4.16. The summed E-state index contributed by atoms with van der Waals surface area (Å²) in [7, 11) is 3.63. The second kappa shape index (κ2) is 8.10. The minimum absolute atomic E-state index is 0.0929. The average Bonchev–Trinajstić information content (AvgIpc) is 3.18. The largest absolute Gasteiger partial charge is 0.343 e. The molecule has 2 aromatic carbocycles. The van der Waals surface area contributed by atoms with E-state index in [4.69, 9.17) is 0 Å². The van der Waals surface area contributed by atoms with Crippen LogP contribution in [-0.4, -0.2) is 24.9 Å². The first kappa shape index (κ1) is 17.4. The summed E-state index contributed by atoms with van der Waals surface area (Å²) in [4.78, 5) is 15.8. The van der Waals surface area contributed by atoms with Gasteiger partial charge in [0.15, 0.2) is 6.04 Å². The van der Waals surface area contributed by atoms with Crippen LogP contribution < -0.4 is 5.32 Å². The standard InChI is InChI=1S/C21H22N2OS/c1-23(2)21(24)20(17-12-7-4-8-13-17)22-19(18-14-9-15-25-18)16-10-5-3-6-11-16/h3-15,19-20,22H,1-2H3/p+1/t19-,20+/m1/s1. The first-order chi connectivity index (χ1) is 12.2. The van der Waals surface area contributed by atoms with Crippen molar-refractivity contribution in [2.75, 3.05) is 14.1 Å². The molecular formula is C21H23N2OS+. The van der Waals surface area contributed by atoms with Gasteiger partial charge in [0.25, 0.3) is 5.91 Å². The van der Waals surface area contributed by atoms with Crippen LogP contribution in [0.5, 0.6) is 0 Å². The van der Waals surface area contributed by atoms with Gasteiger partial charge in [-0.3, -0.25) is 4.79 Å². The van der Waals surface area contributed by atoms with Crippen LogP contribution in [0.3, 0.4) is 0 Å². The van der Waals surface area contributed by atoms with Gasteiger partial charge in [-0.1, -0.05) is 66.7 Å². The summed E-state index contributed by atoms with van der Waals surface area (Å²) >= 11 is 1.73. The number of nitrogens with zero attached hydrogens (tertiary/aromatic N) is 1. The topological polar surface area (TPSA) is 36.9 Å². The molecule has 0 spiro atoms. The van der Waals surface area contributed by atoms with Crippen LogP contribution in [0.4, 0.5) is 0 Å². The molecule has 3 aromatic rings. The second-order valence-corrected chi connectivity index (χ2v) is 7.20. The van der Waals surface area contributed by atoms with E-state index >= 15 is 0 Å². The van der Waals surface area contributed by atoms with E-state index in [-0.39, 0.29) is 18.0 Å². The molecule has 0 unspecified atom stereocenters. The Morgan fingerprint density at radius 2 is 1.48 bits per heavy atom. The summed E-state index contributed by atoms with van der Waals surface area (Å²) in [6.45, 7) is 0. The van der Waals surface area contributed by atoms with Crippen LogP contribution in [0.1, 0.15) is 28.1 Å². The van der Waals surface area contributed by atoms with Crippen LogP contribution in [0, 0.1) is 0 Å². The maximum atomic E-state index is 12.9. The molecule has 3 nitrogen and oxygen atoms in total. The van der Waals surface area contributed by atoms with Crippen LogP contribution in [0.15, 0.2) is 78.2 Å². The number of hydrogen-bond acceptors (Lipinski definition) is 2. The summed E-state index contributed by atoms with van der Waals surface area (Å²) in [5, 5.41) is 4.27. The molecule has 0 aliphatic carbocycles. The Balaban J connectivity index is 1.98. The predicted molar refractivity (Wildman–Crippen MR) is 102 cm³/mol. The van der Waals surface area contributed by atoms with Crippen molar-refractivity contribution in [2.24, 2.45) is 0 Å². The Morgan fingerprint density at radius 3 is 2.00 bits per heavy atom. The zero-order chi connectivity index (χ0) is 17.6. The molecule has 4 heteroatoms. The number of benzene rings is 2. The molecule has 1 aromatic heterocycles. The summed E-state index contributed by atoms with van der Waals surface area (Å²) < 4.78 is 0. The van der Waals surface area contributed by atoms with E-state index in [1.807, 2.05) is 50.5 Å². The Morgan fingerprint density at radius 1 is 0.880 bits per heavy atom. The number of amides is 1. The van der Waals surface area contributed by atoms with Gasteiger partial charge in [0.2, 0.25) is 0 Å². The highest BCUT2D eigenvalue weighted by molar-refractivity contribution is 7.10. The lowest BCUT2D eigenvalue weighted by molar-refractivity contribution is -0.713. The minimum Gasteiger partial charge on any atom is -0.343 e. The van der Waals surface area contributed by atoms with Gasteiger partial charge in [0.1, 0.15) is 6.04 Å². The summed E-state index contributed by atoms with van der Waals surface area (Å²) in [6.07, 6.45) is 0. The van der Waals surface area contributed by atoms with E-state index in [2.05, 4.69) is 47.1 Å². The highest BCUT2D eigenvalue weighted by Crippen LogP contribution is 2.24. The summed E-state index contributed by atoms with van der Waals surface area (Å²) in [5.41, 5.74) is 2.23. The molecule has 0 saturated heterocycles. The average molecular weight is 351 g/mol. The molecule has 0 bridgehead atoms. The van der Waals surface area contributed by atoms with Gasteiger partial charge < -0.3 is 10.2 Å². The first-order valence-corrected chi connectivity index (χ1v) is 9.24. The molecule has 2 atom stereocenters. The predicted octanol–water partition coefficient (Wildman–Crippen LogP) is 3.23. The van der Waals surface area contributed by atoms with Gasteiger partial charge in [0, 0.05) is 25.2 Å². The summed E-state index contributed by atoms with van der Waals surface area (Å²) in [5.74, 6) is 0.101. The fourth-order valence-electron chi connectivity index (χ4n) is 2.97. The van der Waals surface area contributed by atoms with Crippen LogP contribution >= 0.6 is 11.3 Å². The molecule has 128 valence electrons. The Labute approximate surface area is 152 Å². The monoisotopic (exact) mass is 351 g/mol. The zero-order valence-electron chi connectivity index (χ0n) is 14.5. The van der Waals surface area contributed by atoms with Gasteiger partial charge in [-0.2, -0.15) is 0 Å². The van der Waals surface area contributed by atoms with Gasteiger partial charge >= 0.3 is 0 Å². The number of carbonyl (C=O) groups is 1. The number of rotatable bonds is 6. The highest BCUT2D eigenvalue weighted by Gasteiger charge is 2.31. The molecule has 1 heterocycles. The van der Waals surface area contributed by atoms with Crippen LogP contribution in [-0.2, 0) is 4.79 Å². The summed E-state index contributed by atoms with van der Waals surface area (Å²) in [6, 6.07) is 24.4. The minimum atomic E-state index is -0.275. The lowest BCUT2D eigenvalue weighted by Crippen LogP contribution is -2.88. The molecule has 0 radical (unpaired) electrons. The van der Waals surface area contributed by atoms with E-state index < -0.39 is 0 Å². The van der Waals surface area contributed by atoms with Gasteiger partial charge in [-0.05, 0) is 11.4 Å². The Hall–Kier alpha value is -2.43. The number of quaternary nitrogens is 1. The van der Waals surface area contributed by atoms with Crippen molar-refractivity contribution in [3.05, 3.63) is 94.2 Å². The van der Waals surface area contributed by atoms with Crippen molar-refractivity contribution < 1.29 is 10.1 Å². The number of nitrogens with two attached hydrogens (primary N) is 1. The smallest absolute Gasteiger partial charge is 0.285 e. The highest BCUT2D eigenvalue weighted by atomic mass is 32.1. The molecular weight excluding hydrogens is 328 g/mol. The van der Waals surface area contributed by atoms with Gasteiger partial charge in [-0.25, -0.2) is 0 Å². The Kier molecular flexibility index (Phi) is 5.64. The van der Waals surface area contributed by atoms with Crippen LogP contribution in [0.2, 0.25) is 0 Å². The fraction of sp³-hybridized carbons (Fsp3) is 0.190. The molecule has 0 aliphatic rings. The molecule has 3 rings (SSSR count). The third-order valence-corrected chi connectivity index (χ3v) is 5.21. The zero-order valence-corrected chi connectivity index (χ0v) is 15.3. The number of hydrogen-bond donors (Lipinski definition) is 1. The van der Waals surface area contributed by atoms with E-state index in [0.29, 0.717) is 0 Å². The second-order valence-electron chi connectivity index (χ2n) is 6.22. The SMILES string of the molecule is CN(C)C(=O)[C@@H]([NH2+][C@H](c1ccccc1)c1cccs1)c1ccccc1. The number of carbonyl (C=O) groups excluding carboxylic acids is 1. The molecule has 0 saturated carbocycles. The van der Waals surface area contributed by atoms with E-state index in [9.17, 15) is 4.79 Å². The van der Waals surface area contributed by atoms with Crippen molar-refractivity contribution in [2.45, 2.75) is 12.1 Å². The van der Waals surface area contributed by atoms with E-state index in [0.717, 1.165) is 5.56 Å². The number of likely N-dealkylation sites (N-methyl/N-ethyl adjacent to an activating group) is 1. The van der Waals surface area contributed by atoms with Crippen molar-refractivity contribution in [3.8, 4) is 0 Å². The lowest BCUT2D eigenvalue weighted by atomic mass is 10.0. The van der Waals surface area contributed by atoms with Gasteiger partial charge in [0.05, 0.1) is 4.88 Å². The van der Waals surface area contributed by atoms with Crippen molar-refractivity contribution in [1.29, 1.82) is 0 Å². The molecule has 25 heavy (non-hydrogen) atoms. The molecule has 1 amide bonds. The van der Waals surface area contributed by atoms with E-state index in [1.165, 1.54) is 10.4 Å². The lowest BCUT2D eigenvalue weighted by Gasteiger charge is -2.24. The van der Waals surface area contributed by atoms with Crippen molar-refractivity contribution in [1.82, 2.24) is 4.90 Å². The third-order valence-electron chi connectivity index (χ3n) is 4.26.